The number of rotatable bonds is 4. The summed E-state index contributed by atoms with van der Waals surface area (Å²) in [6.45, 7) is 7.07. The summed E-state index contributed by atoms with van der Waals surface area (Å²) >= 11 is 0. The Hall–Kier alpha value is -1.02. The molecular formula is C18H29NO. The summed E-state index contributed by atoms with van der Waals surface area (Å²) in [5.74, 6) is 0.928. The van der Waals surface area contributed by atoms with E-state index in [9.17, 15) is 0 Å². The van der Waals surface area contributed by atoms with Crippen molar-refractivity contribution in [2.75, 3.05) is 7.11 Å². The van der Waals surface area contributed by atoms with Gasteiger partial charge in [-0.2, -0.15) is 0 Å². The van der Waals surface area contributed by atoms with Gasteiger partial charge < -0.3 is 10.1 Å². The molecule has 0 heterocycles. The van der Waals surface area contributed by atoms with E-state index in [2.05, 4.69) is 38.2 Å². The van der Waals surface area contributed by atoms with Gasteiger partial charge >= 0.3 is 0 Å². The quantitative estimate of drug-likeness (QED) is 0.804. The molecule has 1 aliphatic rings. The maximum atomic E-state index is 5.22. The van der Waals surface area contributed by atoms with Gasteiger partial charge in [-0.15, -0.1) is 0 Å². The molecule has 112 valence electrons. The van der Waals surface area contributed by atoms with Crippen LogP contribution >= 0.6 is 0 Å². The molecule has 2 nitrogen and oxygen atoms in total. The topological polar surface area (TPSA) is 21.3 Å². The van der Waals surface area contributed by atoms with Crippen LogP contribution in [0.2, 0.25) is 0 Å². The largest absolute Gasteiger partial charge is 0.497 e. The van der Waals surface area contributed by atoms with Gasteiger partial charge in [-0.25, -0.2) is 0 Å². The van der Waals surface area contributed by atoms with E-state index in [1.54, 1.807) is 7.11 Å². The Bertz CT molecular complexity index is 410. The van der Waals surface area contributed by atoms with E-state index in [4.69, 9.17) is 4.74 Å². The Morgan fingerprint density at radius 1 is 1.15 bits per heavy atom. The van der Waals surface area contributed by atoms with Crippen LogP contribution in [0.3, 0.4) is 0 Å². The van der Waals surface area contributed by atoms with E-state index in [-0.39, 0.29) is 0 Å². The Labute approximate surface area is 123 Å². The van der Waals surface area contributed by atoms with Crippen LogP contribution in [0.1, 0.15) is 64.5 Å². The summed E-state index contributed by atoms with van der Waals surface area (Å²) in [7, 11) is 1.71. The lowest BCUT2D eigenvalue weighted by atomic mass is 9.85. The normalized spacial score (nSPS) is 23.9. The van der Waals surface area contributed by atoms with Crippen LogP contribution in [0.25, 0.3) is 0 Å². The van der Waals surface area contributed by atoms with E-state index < -0.39 is 0 Å². The number of hydrogen-bond acceptors (Lipinski definition) is 2. The molecule has 1 saturated carbocycles. The fourth-order valence-electron chi connectivity index (χ4n) is 3.17. The summed E-state index contributed by atoms with van der Waals surface area (Å²) < 4.78 is 5.22. The first-order valence-corrected chi connectivity index (χ1v) is 7.90. The van der Waals surface area contributed by atoms with Crippen LogP contribution in [0, 0.1) is 5.41 Å². The molecule has 0 bridgehead atoms. The zero-order valence-electron chi connectivity index (χ0n) is 13.4. The van der Waals surface area contributed by atoms with Crippen molar-refractivity contribution in [3.63, 3.8) is 0 Å². The lowest BCUT2D eigenvalue weighted by molar-refractivity contribution is 0.307. The molecule has 1 unspecified atom stereocenters. The second kappa shape index (κ2) is 6.62. The van der Waals surface area contributed by atoms with Crippen LogP contribution in [0.4, 0.5) is 0 Å². The number of methoxy groups -OCH3 is 1. The van der Waals surface area contributed by atoms with Crippen LogP contribution < -0.4 is 10.1 Å². The molecule has 0 aliphatic heterocycles. The monoisotopic (exact) mass is 275 g/mol. The lowest BCUT2D eigenvalue weighted by Gasteiger charge is -2.24. The van der Waals surface area contributed by atoms with Gasteiger partial charge in [-0.1, -0.05) is 32.4 Å². The van der Waals surface area contributed by atoms with Crippen molar-refractivity contribution in [3.8, 4) is 5.75 Å². The van der Waals surface area contributed by atoms with Gasteiger partial charge in [0.1, 0.15) is 5.75 Å². The van der Waals surface area contributed by atoms with E-state index >= 15 is 0 Å². The van der Waals surface area contributed by atoms with E-state index in [1.807, 2.05) is 12.1 Å². The van der Waals surface area contributed by atoms with E-state index in [0.29, 0.717) is 17.5 Å². The first-order chi connectivity index (χ1) is 9.50. The molecule has 0 aromatic heterocycles. The SMILES string of the molecule is COc1ccc([C@H](C)NC2CCCC(C)(C)CC2)cc1. The molecule has 20 heavy (non-hydrogen) atoms. The van der Waals surface area contributed by atoms with Crippen molar-refractivity contribution in [1.29, 1.82) is 0 Å². The molecule has 1 aliphatic carbocycles. The minimum Gasteiger partial charge on any atom is -0.497 e. The fourth-order valence-corrected chi connectivity index (χ4v) is 3.17. The van der Waals surface area contributed by atoms with Gasteiger partial charge in [0.2, 0.25) is 0 Å². The summed E-state index contributed by atoms with van der Waals surface area (Å²) in [6.07, 6.45) is 6.65. The Kier molecular flexibility index (Phi) is 5.09. The van der Waals surface area contributed by atoms with Gasteiger partial charge in [0, 0.05) is 12.1 Å². The average molecular weight is 275 g/mol. The smallest absolute Gasteiger partial charge is 0.118 e. The van der Waals surface area contributed by atoms with Gasteiger partial charge in [0.15, 0.2) is 0 Å². The molecule has 0 amide bonds. The van der Waals surface area contributed by atoms with Crippen LogP contribution in [0.15, 0.2) is 24.3 Å². The number of ether oxygens (including phenoxy) is 1. The maximum Gasteiger partial charge on any atom is 0.118 e. The molecule has 2 heteroatoms. The predicted molar refractivity (Wildman–Crippen MR) is 85.2 cm³/mol. The highest BCUT2D eigenvalue weighted by Crippen LogP contribution is 2.34. The van der Waals surface area contributed by atoms with Crippen LogP contribution in [0.5, 0.6) is 5.75 Å². The second-order valence-corrected chi connectivity index (χ2v) is 6.95. The highest BCUT2D eigenvalue weighted by molar-refractivity contribution is 5.28. The van der Waals surface area contributed by atoms with Gasteiger partial charge in [0.05, 0.1) is 7.11 Å². The van der Waals surface area contributed by atoms with Crippen molar-refractivity contribution >= 4 is 0 Å². The molecule has 0 spiro atoms. The fraction of sp³-hybridized carbons (Fsp3) is 0.667. The minimum atomic E-state index is 0.409. The van der Waals surface area contributed by atoms with Crippen LogP contribution in [-0.4, -0.2) is 13.2 Å². The lowest BCUT2D eigenvalue weighted by Crippen LogP contribution is -2.31. The van der Waals surface area contributed by atoms with Crippen molar-refractivity contribution in [1.82, 2.24) is 5.32 Å². The molecule has 1 N–H and O–H groups in total. The summed E-state index contributed by atoms with van der Waals surface area (Å²) in [5, 5.41) is 3.81. The van der Waals surface area contributed by atoms with Crippen molar-refractivity contribution in [2.45, 2.75) is 65.0 Å². The van der Waals surface area contributed by atoms with Gasteiger partial charge in [-0.05, 0) is 55.7 Å². The number of hydrogen-bond donors (Lipinski definition) is 1. The standard InChI is InChI=1S/C18H29NO/c1-14(15-7-9-17(20-4)10-8-15)19-16-6-5-12-18(2,3)13-11-16/h7-10,14,16,19H,5-6,11-13H2,1-4H3/t14-,16?/m0/s1. The number of benzene rings is 1. The molecule has 2 rings (SSSR count). The third-order valence-electron chi connectivity index (χ3n) is 4.68. The van der Waals surface area contributed by atoms with Crippen LogP contribution in [-0.2, 0) is 0 Å². The van der Waals surface area contributed by atoms with Crippen molar-refractivity contribution < 1.29 is 4.74 Å². The summed E-state index contributed by atoms with van der Waals surface area (Å²) in [6, 6.07) is 9.49. The van der Waals surface area contributed by atoms with Crippen molar-refractivity contribution in [2.24, 2.45) is 5.41 Å². The third kappa shape index (κ3) is 4.24. The molecule has 0 saturated heterocycles. The zero-order valence-corrected chi connectivity index (χ0v) is 13.4. The molecular weight excluding hydrogens is 246 g/mol. The molecule has 1 aromatic rings. The molecule has 2 atom stereocenters. The number of nitrogens with one attached hydrogen (secondary N) is 1. The molecule has 0 radical (unpaired) electrons. The Morgan fingerprint density at radius 3 is 2.50 bits per heavy atom. The van der Waals surface area contributed by atoms with E-state index in [1.165, 1.54) is 37.7 Å². The second-order valence-electron chi connectivity index (χ2n) is 6.95. The van der Waals surface area contributed by atoms with Crippen molar-refractivity contribution in [3.05, 3.63) is 29.8 Å². The first kappa shape index (κ1) is 15.4. The minimum absolute atomic E-state index is 0.409. The molecule has 1 aromatic carbocycles. The highest BCUT2D eigenvalue weighted by atomic mass is 16.5. The maximum absolute atomic E-state index is 5.22. The Balaban J connectivity index is 1.91. The van der Waals surface area contributed by atoms with Gasteiger partial charge in [-0.3, -0.25) is 0 Å². The van der Waals surface area contributed by atoms with Gasteiger partial charge in [0.25, 0.3) is 0 Å². The third-order valence-corrected chi connectivity index (χ3v) is 4.68. The molecule has 1 fully saturated rings. The zero-order chi connectivity index (χ0) is 14.6. The predicted octanol–water partition coefficient (Wildman–Crippen LogP) is 4.70. The van der Waals surface area contributed by atoms with E-state index in [0.717, 1.165) is 5.75 Å². The Morgan fingerprint density at radius 2 is 1.85 bits per heavy atom. The summed E-state index contributed by atoms with van der Waals surface area (Å²) in [5.41, 5.74) is 1.87. The summed E-state index contributed by atoms with van der Waals surface area (Å²) in [4.78, 5) is 0. The highest BCUT2D eigenvalue weighted by Gasteiger charge is 2.25. The average Bonchev–Trinajstić information content (AvgIpc) is 2.60. The first-order valence-electron chi connectivity index (χ1n) is 7.90.